The molecule has 0 bridgehead atoms. The monoisotopic (exact) mass is 373 g/mol. The number of nitrogens with one attached hydrogen (secondary N) is 1. The Hall–Kier alpha value is -3.41. The Morgan fingerprint density at radius 3 is 2.50 bits per heavy atom. The quantitative estimate of drug-likeness (QED) is 0.551. The fourth-order valence-electron chi connectivity index (χ4n) is 4.46. The molecule has 6 nitrogen and oxygen atoms in total. The molecule has 1 saturated heterocycles. The van der Waals surface area contributed by atoms with Crippen LogP contribution in [0.5, 0.6) is 0 Å². The van der Waals surface area contributed by atoms with Crippen molar-refractivity contribution >= 4 is 34.3 Å². The van der Waals surface area contributed by atoms with Crippen LogP contribution in [0.1, 0.15) is 35.5 Å². The SMILES string of the molecule is CC(=O)c1ccc(N2C(=O)N3CCc4c([nH]c5ccccc45)[C@@]3(C)C2=O)cc1. The first-order valence-electron chi connectivity index (χ1n) is 9.30. The van der Waals surface area contributed by atoms with Gasteiger partial charge in [0.25, 0.3) is 5.91 Å². The number of hydrogen-bond acceptors (Lipinski definition) is 3. The Kier molecular flexibility index (Phi) is 3.32. The van der Waals surface area contributed by atoms with E-state index >= 15 is 0 Å². The minimum atomic E-state index is -1.07. The molecule has 0 aliphatic carbocycles. The molecule has 28 heavy (non-hydrogen) atoms. The molecule has 3 heterocycles. The first kappa shape index (κ1) is 16.7. The van der Waals surface area contributed by atoms with Gasteiger partial charge < -0.3 is 9.88 Å². The normalized spacial score (nSPS) is 21.2. The molecular formula is C22H19N3O3. The lowest BCUT2D eigenvalue weighted by molar-refractivity contribution is -0.125. The molecule has 3 amide bonds. The van der Waals surface area contributed by atoms with E-state index < -0.39 is 5.54 Å². The third kappa shape index (κ3) is 2.00. The summed E-state index contributed by atoms with van der Waals surface area (Å²) in [6, 6.07) is 14.2. The van der Waals surface area contributed by atoms with Crippen LogP contribution in [0.15, 0.2) is 48.5 Å². The van der Waals surface area contributed by atoms with Crippen LogP contribution in [0, 0.1) is 0 Å². The van der Waals surface area contributed by atoms with Crippen LogP contribution in [0.4, 0.5) is 10.5 Å². The summed E-state index contributed by atoms with van der Waals surface area (Å²) in [7, 11) is 0. The number of carbonyl (C=O) groups excluding carboxylic acids is 3. The summed E-state index contributed by atoms with van der Waals surface area (Å²) < 4.78 is 0. The topological polar surface area (TPSA) is 73.5 Å². The molecule has 0 saturated carbocycles. The van der Waals surface area contributed by atoms with E-state index in [1.54, 1.807) is 29.2 Å². The Balaban J connectivity index is 1.63. The summed E-state index contributed by atoms with van der Waals surface area (Å²) >= 11 is 0. The number of aromatic amines is 1. The molecule has 2 aliphatic heterocycles. The molecular weight excluding hydrogens is 354 g/mol. The van der Waals surface area contributed by atoms with Gasteiger partial charge in [0.15, 0.2) is 11.3 Å². The Bertz CT molecular complexity index is 1160. The molecule has 3 aromatic rings. The summed E-state index contributed by atoms with van der Waals surface area (Å²) in [5.41, 5.74) is 2.83. The number of para-hydroxylation sites is 1. The molecule has 0 radical (unpaired) electrons. The first-order chi connectivity index (χ1) is 13.4. The van der Waals surface area contributed by atoms with Crippen LogP contribution in [-0.4, -0.2) is 34.2 Å². The van der Waals surface area contributed by atoms with Crippen LogP contribution in [-0.2, 0) is 16.8 Å². The van der Waals surface area contributed by atoms with Crippen LogP contribution in [0.3, 0.4) is 0 Å². The van der Waals surface area contributed by atoms with E-state index in [9.17, 15) is 14.4 Å². The van der Waals surface area contributed by atoms with E-state index in [-0.39, 0.29) is 17.7 Å². The number of fused-ring (bicyclic) bond motifs is 5. The van der Waals surface area contributed by atoms with Crippen molar-refractivity contribution in [3.8, 4) is 0 Å². The third-order valence-electron chi connectivity index (χ3n) is 6.00. The van der Waals surface area contributed by atoms with E-state index in [0.29, 0.717) is 24.2 Å². The first-order valence-corrected chi connectivity index (χ1v) is 9.30. The maximum Gasteiger partial charge on any atom is 0.332 e. The van der Waals surface area contributed by atoms with Crippen LogP contribution < -0.4 is 4.90 Å². The van der Waals surface area contributed by atoms with Gasteiger partial charge >= 0.3 is 6.03 Å². The van der Waals surface area contributed by atoms with Gasteiger partial charge in [-0.15, -0.1) is 0 Å². The summed E-state index contributed by atoms with van der Waals surface area (Å²) in [6.45, 7) is 3.78. The van der Waals surface area contributed by atoms with Gasteiger partial charge in [0.2, 0.25) is 0 Å². The van der Waals surface area contributed by atoms with Gasteiger partial charge in [-0.3, -0.25) is 9.59 Å². The van der Waals surface area contributed by atoms with Crippen molar-refractivity contribution in [3.05, 3.63) is 65.4 Å². The highest BCUT2D eigenvalue weighted by atomic mass is 16.2. The minimum absolute atomic E-state index is 0.0577. The minimum Gasteiger partial charge on any atom is -0.356 e. The number of hydrogen-bond donors (Lipinski definition) is 1. The van der Waals surface area contributed by atoms with Gasteiger partial charge in [-0.2, -0.15) is 0 Å². The van der Waals surface area contributed by atoms with Crippen LogP contribution in [0.2, 0.25) is 0 Å². The van der Waals surface area contributed by atoms with Gasteiger partial charge in [-0.1, -0.05) is 18.2 Å². The van der Waals surface area contributed by atoms with E-state index in [1.807, 2.05) is 31.2 Å². The van der Waals surface area contributed by atoms with Crippen molar-refractivity contribution in [2.45, 2.75) is 25.8 Å². The molecule has 0 spiro atoms. The predicted molar refractivity (Wildman–Crippen MR) is 105 cm³/mol. The second-order valence-corrected chi connectivity index (χ2v) is 7.52. The number of aromatic nitrogens is 1. The van der Waals surface area contributed by atoms with E-state index in [0.717, 1.165) is 22.2 Å². The van der Waals surface area contributed by atoms with Crippen molar-refractivity contribution in [3.63, 3.8) is 0 Å². The molecule has 1 N–H and O–H groups in total. The fourth-order valence-corrected chi connectivity index (χ4v) is 4.46. The summed E-state index contributed by atoms with van der Waals surface area (Å²) in [6.07, 6.45) is 0.699. The number of carbonyl (C=O) groups is 3. The lowest BCUT2D eigenvalue weighted by Gasteiger charge is -2.35. The predicted octanol–water partition coefficient (Wildman–Crippen LogP) is 3.61. The zero-order valence-electron chi connectivity index (χ0n) is 15.7. The van der Waals surface area contributed by atoms with Gasteiger partial charge in [-0.05, 0) is 56.2 Å². The number of urea groups is 1. The molecule has 0 unspecified atom stereocenters. The zero-order valence-corrected chi connectivity index (χ0v) is 15.7. The average Bonchev–Trinajstić information content (AvgIpc) is 3.17. The number of benzene rings is 2. The number of H-pyrrole nitrogens is 1. The van der Waals surface area contributed by atoms with E-state index in [2.05, 4.69) is 4.98 Å². The van der Waals surface area contributed by atoms with Crippen LogP contribution >= 0.6 is 0 Å². The molecule has 5 rings (SSSR count). The molecule has 2 aliphatic rings. The second kappa shape index (κ2) is 5.55. The molecule has 6 heteroatoms. The smallest absolute Gasteiger partial charge is 0.332 e. The molecule has 2 aromatic carbocycles. The largest absolute Gasteiger partial charge is 0.356 e. The molecule has 1 fully saturated rings. The maximum absolute atomic E-state index is 13.5. The third-order valence-corrected chi connectivity index (χ3v) is 6.00. The van der Waals surface area contributed by atoms with Crippen molar-refractivity contribution < 1.29 is 14.4 Å². The highest BCUT2D eigenvalue weighted by Gasteiger charge is 2.58. The summed E-state index contributed by atoms with van der Waals surface area (Å²) in [4.78, 5) is 44.4. The average molecular weight is 373 g/mol. The number of ketones is 1. The number of anilines is 1. The number of imide groups is 1. The van der Waals surface area contributed by atoms with Crippen molar-refractivity contribution in [1.82, 2.24) is 9.88 Å². The molecule has 1 aromatic heterocycles. The zero-order chi connectivity index (χ0) is 19.6. The van der Waals surface area contributed by atoms with Gasteiger partial charge in [0.1, 0.15) is 0 Å². The lowest BCUT2D eigenvalue weighted by atomic mass is 9.87. The lowest BCUT2D eigenvalue weighted by Crippen LogP contribution is -2.49. The van der Waals surface area contributed by atoms with Gasteiger partial charge in [0, 0.05) is 23.0 Å². The number of nitrogens with zero attached hydrogens (tertiary/aromatic N) is 2. The summed E-state index contributed by atoms with van der Waals surface area (Å²) in [5, 5.41) is 1.10. The second-order valence-electron chi connectivity index (χ2n) is 7.52. The maximum atomic E-state index is 13.5. The molecule has 1 atom stereocenters. The van der Waals surface area contributed by atoms with E-state index in [4.69, 9.17) is 0 Å². The van der Waals surface area contributed by atoms with Crippen molar-refractivity contribution in [2.24, 2.45) is 0 Å². The number of Topliss-reactive ketones (excluding diaryl/α,β-unsaturated/α-hetero) is 1. The van der Waals surface area contributed by atoms with Gasteiger partial charge in [-0.25, -0.2) is 9.69 Å². The highest BCUT2D eigenvalue weighted by molar-refractivity contribution is 6.23. The number of rotatable bonds is 2. The highest BCUT2D eigenvalue weighted by Crippen LogP contribution is 2.45. The standard InChI is InChI=1S/C22H19N3O3/c1-13(26)14-7-9-15(10-8-14)25-20(27)22(2)19-17(11-12-24(22)21(25)28)16-5-3-4-6-18(16)23-19/h3-10,23H,11-12H2,1-2H3/t22-/m0/s1. The van der Waals surface area contributed by atoms with Crippen molar-refractivity contribution in [2.75, 3.05) is 11.4 Å². The van der Waals surface area contributed by atoms with Gasteiger partial charge in [0.05, 0.1) is 11.4 Å². The fraction of sp³-hybridized carbons (Fsp3) is 0.227. The molecule has 140 valence electrons. The van der Waals surface area contributed by atoms with Crippen molar-refractivity contribution in [1.29, 1.82) is 0 Å². The Morgan fingerprint density at radius 2 is 1.79 bits per heavy atom. The van der Waals surface area contributed by atoms with Crippen LogP contribution in [0.25, 0.3) is 10.9 Å². The van der Waals surface area contributed by atoms with E-state index in [1.165, 1.54) is 11.8 Å². The Morgan fingerprint density at radius 1 is 1.07 bits per heavy atom. The summed E-state index contributed by atoms with van der Waals surface area (Å²) in [5.74, 6) is -0.335. The Labute approximate surface area is 161 Å². The number of amides is 3.